The van der Waals surface area contributed by atoms with Gasteiger partial charge in [0.05, 0.1) is 5.92 Å². The van der Waals surface area contributed by atoms with E-state index in [0.717, 1.165) is 0 Å². The first-order chi connectivity index (χ1) is 18.3. The van der Waals surface area contributed by atoms with Crippen molar-refractivity contribution in [3.05, 3.63) is 186 Å². The predicted octanol–water partition coefficient (Wildman–Crippen LogP) is 9.71. The second kappa shape index (κ2) is 10.5. The Kier molecular flexibility index (Phi) is 6.47. The molecule has 0 heterocycles. The summed E-state index contributed by atoms with van der Waals surface area (Å²) in [4.78, 5) is 0. The molecular formula is C37H27. The molecule has 0 atom stereocenters. The van der Waals surface area contributed by atoms with Crippen molar-refractivity contribution in [1.29, 1.82) is 0 Å². The fraction of sp³-hybridized carbons (Fsp3) is 0. The minimum absolute atomic E-state index is 1.21. The molecule has 0 bridgehead atoms. The highest BCUT2D eigenvalue weighted by Crippen LogP contribution is 2.34. The molecule has 0 aliphatic carbocycles. The molecule has 0 N–H and O–H groups in total. The number of rotatable bonds is 6. The molecule has 0 aliphatic heterocycles. The smallest absolute Gasteiger partial charge is 0.0622 e. The van der Waals surface area contributed by atoms with Crippen molar-refractivity contribution in [2.24, 2.45) is 0 Å². The Morgan fingerprint density at radius 2 is 0.432 bits per heavy atom. The van der Waals surface area contributed by atoms with E-state index in [0.29, 0.717) is 0 Å². The molecule has 1 radical (unpaired) electrons. The molecule has 0 spiro atoms. The summed E-state index contributed by atoms with van der Waals surface area (Å²) >= 11 is 0. The Labute approximate surface area is 219 Å². The van der Waals surface area contributed by atoms with Gasteiger partial charge in [0.1, 0.15) is 0 Å². The Bertz CT molecular complexity index is 1350. The summed E-state index contributed by atoms with van der Waals surface area (Å²) in [5.74, 6) is 1.24. The Morgan fingerprint density at radius 1 is 0.216 bits per heavy atom. The first-order valence-electron chi connectivity index (χ1n) is 12.7. The zero-order chi connectivity index (χ0) is 24.9. The zero-order valence-corrected chi connectivity index (χ0v) is 20.6. The van der Waals surface area contributed by atoms with Gasteiger partial charge in [0.2, 0.25) is 0 Å². The highest BCUT2D eigenvalue weighted by Gasteiger charge is 2.18. The standard InChI is InChI=1S/C37H27/c1-4-10-28(11-5-1)31-16-22-34(23-17-31)37(35-24-18-32(19-25-35)29-12-6-2-7-13-29)36-26-20-33(21-27-36)30-14-8-3-9-15-30/h1-27H. The first kappa shape index (κ1) is 22.8. The third-order valence-corrected chi connectivity index (χ3v) is 6.84. The van der Waals surface area contributed by atoms with E-state index >= 15 is 0 Å². The molecule has 6 aromatic carbocycles. The molecule has 0 amide bonds. The molecule has 0 saturated carbocycles. The Balaban J connectivity index is 1.38. The largest absolute Gasteiger partial charge is 0.0629 e. The fourth-order valence-electron chi connectivity index (χ4n) is 4.88. The van der Waals surface area contributed by atoms with Crippen LogP contribution in [0.25, 0.3) is 33.4 Å². The lowest BCUT2D eigenvalue weighted by Gasteiger charge is -2.19. The van der Waals surface area contributed by atoms with E-state index in [-0.39, 0.29) is 0 Å². The van der Waals surface area contributed by atoms with Crippen molar-refractivity contribution in [2.45, 2.75) is 0 Å². The molecule has 0 nitrogen and oxygen atoms in total. The molecule has 6 rings (SSSR count). The fourth-order valence-corrected chi connectivity index (χ4v) is 4.88. The minimum atomic E-state index is 1.21. The predicted molar refractivity (Wildman–Crippen MR) is 156 cm³/mol. The van der Waals surface area contributed by atoms with E-state index in [1.54, 1.807) is 0 Å². The Hall–Kier alpha value is -4.68. The number of hydrogen-bond donors (Lipinski definition) is 0. The maximum Gasteiger partial charge on any atom is 0.0629 e. The van der Waals surface area contributed by atoms with Crippen molar-refractivity contribution in [3.8, 4) is 33.4 Å². The first-order valence-corrected chi connectivity index (χ1v) is 12.7. The zero-order valence-electron chi connectivity index (χ0n) is 20.6. The molecular weight excluding hydrogens is 444 g/mol. The second-order valence-electron chi connectivity index (χ2n) is 9.21. The van der Waals surface area contributed by atoms with Gasteiger partial charge >= 0.3 is 0 Å². The quantitative estimate of drug-likeness (QED) is 0.212. The Morgan fingerprint density at radius 3 is 0.676 bits per heavy atom. The summed E-state index contributed by atoms with van der Waals surface area (Å²) in [6.45, 7) is 0. The van der Waals surface area contributed by atoms with Gasteiger partial charge < -0.3 is 0 Å². The van der Waals surface area contributed by atoms with Crippen LogP contribution in [0, 0.1) is 5.92 Å². The molecule has 37 heavy (non-hydrogen) atoms. The van der Waals surface area contributed by atoms with E-state index < -0.39 is 0 Å². The number of hydrogen-bond acceptors (Lipinski definition) is 0. The normalized spacial score (nSPS) is 10.9. The summed E-state index contributed by atoms with van der Waals surface area (Å²) in [6.07, 6.45) is 0. The average Bonchev–Trinajstić information content (AvgIpc) is 3.00. The van der Waals surface area contributed by atoms with Crippen molar-refractivity contribution < 1.29 is 0 Å². The van der Waals surface area contributed by atoms with Gasteiger partial charge in [-0.15, -0.1) is 0 Å². The van der Waals surface area contributed by atoms with Crippen molar-refractivity contribution in [1.82, 2.24) is 0 Å². The highest BCUT2D eigenvalue weighted by molar-refractivity contribution is 5.70. The van der Waals surface area contributed by atoms with Crippen molar-refractivity contribution >= 4 is 0 Å². The molecule has 6 aromatic rings. The summed E-state index contributed by atoms with van der Waals surface area (Å²) < 4.78 is 0. The maximum atomic E-state index is 2.24. The molecule has 0 fully saturated rings. The van der Waals surface area contributed by atoms with Gasteiger partial charge in [-0.1, -0.05) is 164 Å². The summed E-state index contributed by atoms with van der Waals surface area (Å²) in [5, 5.41) is 0. The monoisotopic (exact) mass is 471 g/mol. The van der Waals surface area contributed by atoms with Gasteiger partial charge in [-0.3, -0.25) is 0 Å². The van der Waals surface area contributed by atoms with Crippen LogP contribution in [0.3, 0.4) is 0 Å². The van der Waals surface area contributed by atoms with Gasteiger partial charge in [0.15, 0.2) is 0 Å². The maximum absolute atomic E-state index is 2.24. The second-order valence-corrected chi connectivity index (χ2v) is 9.21. The van der Waals surface area contributed by atoms with Crippen LogP contribution in [-0.4, -0.2) is 0 Å². The lowest BCUT2D eigenvalue weighted by molar-refractivity contribution is 1.23. The molecule has 175 valence electrons. The highest BCUT2D eigenvalue weighted by atomic mass is 14.2. The number of benzene rings is 6. The molecule has 0 aromatic heterocycles. The summed E-state index contributed by atoms with van der Waals surface area (Å²) in [6, 6.07) is 58.4. The third kappa shape index (κ3) is 5.01. The van der Waals surface area contributed by atoms with E-state index in [1.165, 1.54) is 56.0 Å². The van der Waals surface area contributed by atoms with Gasteiger partial charge in [0.25, 0.3) is 0 Å². The SMILES string of the molecule is c1ccc(-c2ccc([C](c3ccc(-c4ccccc4)cc3)c3ccc(-c4ccccc4)cc3)cc2)cc1. The van der Waals surface area contributed by atoms with Crippen LogP contribution in [0.1, 0.15) is 16.7 Å². The van der Waals surface area contributed by atoms with Crippen LogP contribution in [0.5, 0.6) is 0 Å². The minimum Gasteiger partial charge on any atom is -0.0622 e. The van der Waals surface area contributed by atoms with Gasteiger partial charge in [0, 0.05) is 0 Å². The van der Waals surface area contributed by atoms with Crippen molar-refractivity contribution in [2.75, 3.05) is 0 Å². The van der Waals surface area contributed by atoms with E-state index in [9.17, 15) is 0 Å². The van der Waals surface area contributed by atoms with Crippen LogP contribution >= 0.6 is 0 Å². The lowest BCUT2D eigenvalue weighted by Crippen LogP contribution is -2.04. The molecule has 0 saturated heterocycles. The van der Waals surface area contributed by atoms with Crippen LogP contribution in [0.15, 0.2) is 164 Å². The van der Waals surface area contributed by atoms with E-state index in [2.05, 4.69) is 164 Å². The van der Waals surface area contributed by atoms with Crippen LogP contribution < -0.4 is 0 Å². The average molecular weight is 472 g/mol. The van der Waals surface area contributed by atoms with Crippen molar-refractivity contribution in [3.63, 3.8) is 0 Å². The van der Waals surface area contributed by atoms with Crippen LogP contribution in [0.2, 0.25) is 0 Å². The van der Waals surface area contributed by atoms with E-state index in [4.69, 9.17) is 0 Å². The molecule has 0 aliphatic rings. The summed E-state index contributed by atoms with van der Waals surface area (Å²) in [5.41, 5.74) is 11.0. The molecule has 0 unspecified atom stereocenters. The summed E-state index contributed by atoms with van der Waals surface area (Å²) in [7, 11) is 0. The third-order valence-electron chi connectivity index (χ3n) is 6.84. The van der Waals surface area contributed by atoms with Crippen LogP contribution in [-0.2, 0) is 0 Å². The van der Waals surface area contributed by atoms with Crippen LogP contribution in [0.4, 0.5) is 0 Å². The van der Waals surface area contributed by atoms with E-state index in [1.807, 2.05) is 0 Å². The lowest BCUT2D eigenvalue weighted by atomic mass is 9.83. The topological polar surface area (TPSA) is 0 Å². The van der Waals surface area contributed by atoms with Gasteiger partial charge in [-0.05, 0) is 50.1 Å². The van der Waals surface area contributed by atoms with Gasteiger partial charge in [-0.2, -0.15) is 0 Å². The molecule has 0 heteroatoms. The van der Waals surface area contributed by atoms with Gasteiger partial charge in [-0.25, -0.2) is 0 Å².